The summed E-state index contributed by atoms with van der Waals surface area (Å²) < 4.78 is 1.47. The molecule has 0 radical (unpaired) electrons. The highest BCUT2D eigenvalue weighted by Gasteiger charge is 2.16. The first kappa shape index (κ1) is 17.1. The van der Waals surface area contributed by atoms with Gasteiger partial charge in [-0.2, -0.15) is 15.0 Å². The lowest BCUT2D eigenvalue weighted by atomic mass is 10.1. The van der Waals surface area contributed by atoms with E-state index in [2.05, 4.69) is 15.4 Å². The van der Waals surface area contributed by atoms with E-state index in [0.717, 1.165) is 16.5 Å². The monoisotopic (exact) mass is 343 g/mol. The molecule has 0 saturated heterocycles. The molecule has 6 heteroatoms. The summed E-state index contributed by atoms with van der Waals surface area (Å²) in [7, 11) is 0. The zero-order chi connectivity index (χ0) is 18.5. The fourth-order valence-electron chi connectivity index (χ4n) is 2.58. The summed E-state index contributed by atoms with van der Waals surface area (Å²) in [6, 6.07) is 11.7. The molecule has 2 aromatic heterocycles. The summed E-state index contributed by atoms with van der Waals surface area (Å²) in [4.78, 5) is 16.7. The van der Waals surface area contributed by atoms with Crippen molar-refractivity contribution in [2.24, 2.45) is 0 Å². The first-order valence-corrected chi connectivity index (χ1v) is 8.09. The molecule has 0 aliphatic heterocycles. The first-order valence-electron chi connectivity index (χ1n) is 8.09. The number of hydrogen-bond acceptors (Lipinski definition) is 4. The Morgan fingerprint density at radius 2 is 2.12 bits per heavy atom. The van der Waals surface area contributed by atoms with Crippen LogP contribution >= 0.6 is 0 Å². The van der Waals surface area contributed by atoms with E-state index < -0.39 is 0 Å². The Morgan fingerprint density at radius 3 is 2.88 bits per heavy atom. The van der Waals surface area contributed by atoms with Crippen molar-refractivity contribution in [3.63, 3.8) is 0 Å². The van der Waals surface area contributed by atoms with Crippen LogP contribution < -0.4 is 5.32 Å². The third kappa shape index (κ3) is 3.37. The number of nitrogens with zero attached hydrogens (tertiary/aromatic N) is 4. The van der Waals surface area contributed by atoms with Gasteiger partial charge in [0.2, 0.25) is 5.91 Å². The number of pyridine rings is 1. The normalized spacial score (nSPS) is 11.3. The van der Waals surface area contributed by atoms with E-state index in [1.54, 1.807) is 12.2 Å². The van der Waals surface area contributed by atoms with Gasteiger partial charge in [0.15, 0.2) is 11.6 Å². The summed E-state index contributed by atoms with van der Waals surface area (Å²) in [6.45, 7) is 3.85. The summed E-state index contributed by atoms with van der Waals surface area (Å²) >= 11 is 0. The summed E-state index contributed by atoms with van der Waals surface area (Å²) in [6.07, 6.45) is 7.99. The number of carbonyl (C=O) groups is 1. The maximum absolute atomic E-state index is 12.1. The standard InChI is InChI=1S/C20H17N5O/c1-3-4-5-10-19(26)24-20-15(12-21)13-22-25(20)18-11-14(2)16-8-6-7-9-17(16)23-18/h3-11,13H,1-2H3,(H,24,26)/b4-3+,10-5+. The molecule has 128 valence electrons. The van der Waals surface area contributed by atoms with Crippen molar-refractivity contribution in [2.45, 2.75) is 13.8 Å². The van der Waals surface area contributed by atoms with Gasteiger partial charge in [-0.15, -0.1) is 0 Å². The van der Waals surface area contributed by atoms with Crippen LogP contribution in [0.3, 0.4) is 0 Å². The molecule has 0 spiro atoms. The smallest absolute Gasteiger partial charge is 0.249 e. The maximum Gasteiger partial charge on any atom is 0.249 e. The van der Waals surface area contributed by atoms with Crippen LogP contribution in [0.15, 0.2) is 60.8 Å². The number of nitriles is 1. The number of aryl methyl sites for hydroxylation is 1. The number of benzene rings is 1. The first-order chi connectivity index (χ1) is 12.6. The molecule has 1 N–H and O–H groups in total. The molecular weight excluding hydrogens is 326 g/mol. The van der Waals surface area contributed by atoms with Crippen LogP contribution in [0.4, 0.5) is 5.82 Å². The van der Waals surface area contributed by atoms with Crippen LogP contribution in [0, 0.1) is 18.3 Å². The fraction of sp³-hybridized carbons (Fsp3) is 0.100. The molecule has 26 heavy (non-hydrogen) atoms. The van der Waals surface area contributed by atoms with Crippen molar-refractivity contribution in [3.05, 3.63) is 72.0 Å². The van der Waals surface area contributed by atoms with Crippen LogP contribution in [0.2, 0.25) is 0 Å². The topological polar surface area (TPSA) is 83.6 Å². The average molecular weight is 343 g/mol. The van der Waals surface area contributed by atoms with Gasteiger partial charge < -0.3 is 5.32 Å². The van der Waals surface area contributed by atoms with Gasteiger partial charge in [-0.3, -0.25) is 4.79 Å². The molecule has 6 nitrogen and oxygen atoms in total. The predicted molar refractivity (Wildman–Crippen MR) is 101 cm³/mol. The molecule has 3 rings (SSSR count). The second kappa shape index (κ2) is 7.45. The van der Waals surface area contributed by atoms with Crippen LogP contribution in [0.1, 0.15) is 18.1 Å². The number of hydrogen-bond donors (Lipinski definition) is 1. The van der Waals surface area contributed by atoms with Gasteiger partial charge in [0.1, 0.15) is 11.6 Å². The quantitative estimate of drug-likeness (QED) is 0.579. The lowest BCUT2D eigenvalue weighted by molar-refractivity contribution is -0.111. The van der Waals surface area contributed by atoms with Crippen LogP contribution in [0.25, 0.3) is 16.7 Å². The Hall–Kier alpha value is -3.72. The number of rotatable bonds is 4. The second-order valence-corrected chi connectivity index (χ2v) is 5.62. The summed E-state index contributed by atoms with van der Waals surface area (Å²) in [5.74, 6) is 0.485. The van der Waals surface area contributed by atoms with Crippen molar-refractivity contribution in [1.29, 1.82) is 5.26 Å². The average Bonchev–Trinajstić information content (AvgIpc) is 3.04. The van der Waals surface area contributed by atoms with Crippen molar-refractivity contribution in [2.75, 3.05) is 5.32 Å². The number of anilines is 1. The number of allylic oxidation sites excluding steroid dienone is 3. The minimum absolute atomic E-state index is 0.269. The molecule has 0 fully saturated rings. The van der Waals surface area contributed by atoms with Crippen molar-refractivity contribution in [3.8, 4) is 11.9 Å². The molecule has 1 amide bonds. The minimum atomic E-state index is -0.348. The molecule has 0 bridgehead atoms. The van der Waals surface area contributed by atoms with Crippen molar-refractivity contribution < 1.29 is 4.79 Å². The molecule has 0 atom stereocenters. The molecule has 0 aliphatic rings. The Labute approximate surface area is 151 Å². The molecule has 2 heterocycles. The SMILES string of the molecule is C/C=C/C=C/C(=O)Nc1c(C#N)cnn1-c1cc(C)c2ccccc2n1. The van der Waals surface area contributed by atoms with Crippen molar-refractivity contribution in [1.82, 2.24) is 14.8 Å². The maximum atomic E-state index is 12.1. The number of fused-ring (bicyclic) bond motifs is 1. The number of carbonyl (C=O) groups excluding carboxylic acids is 1. The predicted octanol–water partition coefficient (Wildman–Crippen LogP) is 3.67. The highest BCUT2D eigenvalue weighted by Crippen LogP contribution is 2.23. The van der Waals surface area contributed by atoms with E-state index >= 15 is 0 Å². The molecule has 0 aliphatic carbocycles. The second-order valence-electron chi connectivity index (χ2n) is 5.62. The number of aromatic nitrogens is 3. The summed E-state index contributed by atoms with van der Waals surface area (Å²) in [5, 5.41) is 17.3. The highest BCUT2D eigenvalue weighted by molar-refractivity contribution is 5.99. The number of amides is 1. The van der Waals surface area contributed by atoms with E-state index in [4.69, 9.17) is 0 Å². The largest absolute Gasteiger partial charge is 0.306 e. The lowest BCUT2D eigenvalue weighted by Crippen LogP contribution is -2.14. The molecule has 0 unspecified atom stereocenters. The van der Waals surface area contributed by atoms with E-state index in [9.17, 15) is 10.1 Å². The molecule has 1 aromatic carbocycles. The van der Waals surface area contributed by atoms with Crippen LogP contribution in [-0.2, 0) is 4.79 Å². The van der Waals surface area contributed by atoms with E-state index in [-0.39, 0.29) is 11.5 Å². The number of para-hydroxylation sites is 1. The Bertz CT molecular complexity index is 1070. The third-order valence-corrected chi connectivity index (χ3v) is 3.81. The Morgan fingerprint density at radius 1 is 1.31 bits per heavy atom. The van der Waals surface area contributed by atoms with Gasteiger partial charge in [-0.05, 0) is 31.5 Å². The van der Waals surface area contributed by atoms with Gasteiger partial charge in [0.05, 0.1) is 11.7 Å². The molecule has 0 saturated carbocycles. The van der Waals surface area contributed by atoms with E-state index in [0.29, 0.717) is 11.6 Å². The van der Waals surface area contributed by atoms with E-state index in [1.165, 1.54) is 17.0 Å². The van der Waals surface area contributed by atoms with Gasteiger partial charge in [0, 0.05) is 11.5 Å². The molecule has 3 aromatic rings. The lowest BCUT2D eigenvalue weighted by Gasteiger charge is -2.10. The highest BCUT2D eigenvalue weighted by atomic mass is 16.1. The number of nitrogens with one attached hydrogen (secondary N) is 1. The van der Waals surface area contributed by atoms with Gasteiger partial charge in [-0.1, -0.05) is 36.4 Å². The van der Waals surface area contributed by atoms with Gasteiger partial charge >= 0.3 is 0 Å². The molecular formula is C20H17N5O. The third-order valence-electron chi connectivity index (χ3n) is 3.81. The zero-order valence-corrected chi connectivity index (χ0v) is 14.5. The zero-order valence-electron chi connectivity index (χ0n) is 14.5. The van der Waals surface area contributed by atoms with Crippen LogP contribution in [0.5, 0.6) is 0 Å². The Kier molecular flexibility index (Phi) is 4.90. The minimum Gasteiger partial charge on any atom is -0.306 e. The van der Waals surface area contributed by atoms with Gasteiger partial charge in [0.25, 0.3) is 0 Å². The van der Waals surface area contributed by atoms with Crippen LogP contribution in [-0.4, -0.2) is 20.7 Å². The van der Waals surface area contributed by atoms with Gasteiger partial charge in [-0.25, -0.2) is 4.98 Å². The Balaban J connectivity index is 2.05. The summed E-state index contributed by atoms with van der Waals surface area (Å²) in [5.41, 5.74) is 2.12. The fourth-order valence-corrected chi connectivity index (χ4v) is 2.58. The van der Waals surface area contributed by atoms with E-state index in [1.807, 2.05) is 56.3 Å². The van der Waals surface area contributed by atoms with Crippen molar-refractivity contribution >= 4 is 22.6 Å².